The van der Waals surface area contributed by atoms with E-state index in [1.807, 2.05) is 0 Å². The fourth-order valence-electron chi connectivity index (χ4n) is 2.44. The number of nitrogens with zero attached hydrogens (tertiary/aromatic N) is 1. The van der Waals surface area contributed by atoms with Crippen molar-refractivity contribution in [3.05, 3.63) is 0 Å². The lowest BCUT2D eigenvalue weighted by atomic mass is 10.1. The molecular formula is C11H22N2+2. The molecule has 74 valence electrons. The van der Waals surface area contributed by atoms with Gasteiger partial charge in [-0.3, -0.25) is 4.90 Å². The zero-order valence-corrected chi connectivity index (χ0v) is 8.60. The van der Waals surface area contributed by atoms with Crippen LogP contribution in [0.1, 0.15) is 38.5 Å². The summed E-state index contributed by atoms with van der Waals surface area (Å²) in [6.07, 6.45) is 11.0. The van der Waals surface area contributed by atoms with E-state index in [2.05, 4.69) is 10.9 Å². The first-order chi connectivity index (χ1) is 6.45. The molecule has 0 aromatic heterocycles. The van der Waals surface area contributed by atoms with Crippen molar-refractivity contribution >= 4 is 6.34 Å². The van der Waals surface area contributed by atoms with Gasteiger partial charge in [0.1, 0.15) is 13.1 Å². The topological polar surface area (TPSA) is 7.45 Å². The molecule has 0 bridgehead atoms. The molecule has 2 saturated heterocycles. The highest BCUT2D eigenvalue weighted by molar-refractivity contribution is 5.36. The van der Waals surface area contributed by atoms with E-state index in [0.717, 1.165) is 0 Å². The SMILES string of the molecule is C(=[N+]1CCCCC1)[NH+]1CCCCC1. The Morgan fingerprint density at radius 2 is 1.38 bits per heavy atom. The highest BCUT2D eigenvalue weighted by Gasteiger charge is 2.18. The second-order valence-electron chi connectivity index (χ2n) is 4.44. The maximum absolute atomic E-state index is 2.55. The predicted octanol–water partition coefficient (Wildman–Crippen LogP) is 0.280. The van der Waals surface area contributed by atoms with Crippen molar-refractivity contribution < 1.29 is 9.48 Å². The molecule has 0 amide bonds. The smallest absolute Gasteiger partial charge is 0.254 e. The summed E-state index contributed by atoms with van der Waals surface area (Å²) in [4.78, 5) is 1.72. The van der Waals surface area contributed by atoms with Crippen molar-refractivity contribution in [2.75, 3.05) is 26.2 Å². The normalized spacial score (nSPS) is 26.0. The molecule has 0 atom stereocenters. The lowest BCUT2D eigenvalue weighted by molar-refractivity contribution is -0.830. The Labute approximate surface area is 81.2 Å². The van der Waals surface area contributed by atoms with E-state index >= 15 is 0 Å². The summed E-state index contributed by atoms with van der Waals surface area (Å²) in [7, 11) is 0. The van der Waals surface area contributed by atoms with E-state index in [0.29, 0.717) is 0 Å². The molecule has 2 aliphatic heterocycles. The number of nitrogens with one attached hydrogen (secondary N) is 1. The van der Waals surface area contributed by atoms with Gasteiger partial charge < -0.3 is 0 Å². The monoisotopic (exact) mass is 182 g/mol. The molecule has 2 heteroatoms. The van der Waals surface area contributed by atoms with Crippen LogP contribution in [-0.2, 0) is 0 Å². The minimum Gasteiger partial charge on any atom is -0.254 e. The summed E-state index contributed by atoms with van der Waals surface area (Å²) in [5, 5.41) is 0. The largest absolute Gasteiger partial charge is 0.324 e. The average Bonchev–Trinajstić information content (AvgIpc) is 2.21. The van der Waals surface area contributed by atoms with Crippen molar-refractivity contribution in [1.82, 2.24) is 0 Å². The maximum atomic E-state index is 2.55. The van der Waals surface area contributed by atoms with Gasteiger partial charge in [0.25, 0.3) is 0 Å². The Balaban J connectivity index is 1.85. The third-order valence-electron chi connectivity index (χ3n) is 3.25. The van der Waals surface area contributed by atoms with E-state index in [9.17, 15) is 0 Å². The number of piperidine rings is 2. The van der Waals surface area contributed by atoms with Crippen LogP contribution in [0, 0.1) is 0 Å². The minimum absolute atomic E-state index is 1.31. The molecule has 0 aromatic carbocycles. The molecule has 2 aliphatic rings. The highest BCUT2D eigenvalue weighted by Crippen LogP contribution is 2.02. The minimum atomic E-state index is 1.31. The predicted molar refractivity (Wildman–Crippen MR) is 54.5 cm³/mol. The average molecular weight is 182 g/mol. The van der Waals surface area contributed by atoms with E-state index in [1.165, 1.54) is 64.7 Å². The standard InChI is InChI=1S/C11H21N2/c1-3-7-12(8-4-1)11-13-9-5-2-6-10-13/h11H,1-10H2/q+1/p+1. The number of likely N-dealkylation sites (tertiary alicyclic amines) is 1. The molecular weight excluding hydrogens is 160 g/mol. The summed E-state index contributed by atoms with van der Waals surface area (Å²) in [6.45, 7) is 5.36. The fourth-order valence-corrected chi connectivity index (χ4v) is 2.44. The van der Waals surface area contributed by atoms with E-state index < -0.39 is 0 Å². The molecule has 2 rings (SSSR count). The van der Waals surface area contributed by atoms with E-state index in [-0.39, 0.29) is 0 Å². The Kier molecular flexibility index (Phi) is 3.36. The Morgan fingerprint density at radius 1 is 0.769 bits per heavy atom. The van der Waals surface area contributed by atoms with Crippen LogP contribution in [0.25, 0.3) is 0 Å². The Hall–Kier alpha value is -0.370. The van der Waals surface area contributed by atoms with Crippen LogP contribution >= 0.6 is 0 Å². The highest BCUT2D eigenvalue weighted by atomic mass is 15.2. The van der Waals surface area contributed by atoms with Crippen molar-refractivity contribution in [3.8, 4) is 0 Å². The number of rotatable bonds is 1. The van der Waals surface area contributed by atoms with Gasteiger partial charge >= 0.3 is 6.34 Å². The first-order valence-electron chi connectivity index (χ1n) is 5.89. The van der Waals surface area contributed by atoms with Crippen LogP contribution in [0.3, 0.4) is 0 Å². The maximum Gasteiger partial charge on any atom is 0.324 e. The molecule has 0 aliphatic carbocycles. The van der Waals surface area contributed by atoms with Crippen molar-refractivity contribution in [1.29, 1.82) is 0 Å². The van der Waals surface area contributed by atoms with Gasteiger partial charge in [-0.2, -0.15) is 4.58 Å². The van der Waals surface area contributed by atoms with Gasteiger partial charge in [-0.15, -0.1) is 0 Å². The lowest BCUT2D eigenvalue weighted by Gasteiger charge is -2.18. The van der Waals surface area contributed by atoms with Gasteiger partial charge in [0, 0.05) is 12.8 Å². The molecule has 2 fully saturated rings. The Morgan fingerprint density at radius 3 is 2.08 bits per heavy atom. The first-order valence-corrected chi connectivity index (χ1v) is 5.89. The number of hydrogen-bond acceptors (Lipinski definition) is 0. The second kappa shape index (κ2) is 4.75. The zero-order valence-electron chi connectivity index (χ0n) is 8.60. The van der Waals surface area contributed by atoms with Crippen LogP contribution in [0.4, 0.5) is 0 Å². The van der Waals surface area contributed by atoms with Gasteiger partial charge in [0.2, 0.25) is 0 Å². The quantitative estimate of drug-likeness (QED) is 0.440. The summed E-state index contributed by atoms with van der Waals surface area (Å²) in [5.41, 5.74) is 0. The van der Waals surface area contributed by atoms with Crippen molar-refractivity contribution in [3.63, 3.8) is 0 Å². The third-order valence-corrected chi connectivity index (χ3v) is 3.25. The molecule has 13 heavy (non-hydrogen) atoms. The second-order valence-corrected chi connectivity index (χ2v) is 4.44. The third kappa shape index (κ3) is 2.80. The van der Waals surface area contributed by atoms with Crippen LogP contribution < -0.4 is 4.90 Å². The summed E-state index contributed by atoms with van der Waals surface area (Å²) in [5.74, 6) is 0. The van der Waals surface area contributed by atoms with Gasteiger partial charge in [-0.05, 0) is 25.7 Å². The Bertz CT molecular complexity index is 173. The zero-order chi connectivity index (χ0) is 8.93. The first kappa shape index (κ1) is 9.20. The van der Waals surface area contributed by atoms with Gasteiger partial charge in [0.05, 0.1) is 13.1 Å². The summed E-state index contributed by atoms with van der Waals surface area (Å²) < 4.78 is 2.55. The molecule has 0 spiro atoms. The lowest BCUT2D eigenvalue weighted by Crippen LogP contribution is -3.12. The molecule has 0 saturated carbocycles. The van der Waals surface area contributed by atoms with Gasteiger partial charge in [0.15, 0.2) is 0 Å². The number of hydrogen-bond donors (Lipinski definition) is 1. The van der Waals surface area contributed by atoms with E-state index in [1.54, 1.807) is 4.90 Å². The fraction of sp³-hybridized carbons (Fsp3) is 0.909. The molecule has 0 radical (unpaired) electrons. The van der Waals surface area contributed by atoms with Crippen molar-refractivity contribution in [2.45, 2.75) is 38.5 Å². The van der Waals surface area contributed by atoms with Gasteiger partial charge in [-0.25, -0.2) is 0 Å². The molecule has 0 unspecified atom stereocenters. The molecule has 0 aromatic rings. The summed E-state index contributed by atoms with van der Waals surface area (Å²) in [6, 6.07) is 0. The van der Waals surface area contributed by atoms with Crippen LogP contribution in [0.15, 0.2) is 0 Å². The van der Waals surface area contributed by atoms with Crippen LogP contribution in [-0.4, -0.2) is 37.1 Å². The van der Waals surface area contributed by atoms with Crippen LogP contribution in [0.5, 0.6) is 0 Å². The molecule has 2 nitrogen and oxygen atoms in total. The van der Waals surface area contributed by atoms with E-state index in [4.69, 9.17) is 0 Å². The molecule has 2 heterocycles. The van der Waals surface area contributed by atoms with Crippen molar-refractivity contribution in [2.24, 2.45) is 0 Å². The number of quaternary nitrogens is 1. The summed E-state index contributed by atoms with van der Waals surface area (Å²) >= 11 is 0. The van der Waals surface area contributed by atoms with Gasteiger partial charge in [-0.1, -0.05) is 0 Å². The molecule has 1 N–H and O–H groups in total. The van der Waals surface area contributed by atoms with Crippen LogP contribution in [0.2, 0.25) is 0 Å².